The van der Waals surface area contributed by atoms with E-state index < -0.39 is 5.60 Å². The Morgan fingerprint density at radius 3 is 1.80 bits per heavy atom. The molecule has 86 valence electrons. The maximum absolute atomic E-state index is 8.67. The molecule has 0 aromatic carbocycles. The second-order valence-electron chi connectivity index (χ2n) is 2.27. The zero-order valence-electron chi connectivity index (χ0n) is 8.67. The second kappa shape index (κ2) is 15.7. The number of methoxy groups -OCH3 is 1. The van der Waals surface area contributed by atoms with Crippen LogP contribution in [0.25, 0.3) is 0 Å². The van der Waals surface area contributed by atoms with E-state index in [4.69, 9.17) is 14.8 Å². The Bertz CT molecular complexity index is 214. The van der Waals surface area contributed by atoms with Crippen molar-refractivity contribution in [1.82, 2.24) is 0 Å². The highest BCUT2D eigenvalue weighted by Crippen LogP contribution is 2.03. The van der Waals surface area contributed by atoms with Gasteiger partial charge in [0.25, 0.3) is 0 Å². The Balaban J connectivity index is -0.000000173. The lowest BCUT2D eigenvalue weighted by Gasteiger charge is -2.11. The highest BCUT2D eigenvalue weighted by Gasteiger charge is 2.14. The van der Waals surface area contributed by atoms with Crippen LogP contribution < -0.4 is 0 Å². The van der Waals surface area contributed by atoms with E-state index in [1.165, 1.54) is 12.7 Å². The van der Waals surface area contributed by atoms with E-state index in [9.17, 15) is 0 Å². The summed E-state index contributed by atoms with van der Waals surface area (Å²) in [5, 5.41) is 8.28. The lowest BCUT2D eigenvalue weighted by atomic mass is 10.2. The first-order chi connectivity index (χ1) is 6.95. The van der Waals surface area contributed by atoms with Gasteiger partial charge in [-0.05, 0) is 38.3 Å². The van der Waals surface area contributed by atoms with Crippen LogP contribution in [0.1, 0.15) is 13.8 Å². The van der Waals surface area contributed by atoms with Crippen molar-refractivity contribution in [2.24, 2.45) is 0 Å². The van der Waals surface area contributed by atoms with Crippen LogP contribution in [0, 0.1) is 11.3 Å². The molecule has 15 heavy (non-hydrogen) atoms. The predicted molar refractivity (Wildman–Crippen MR) is 70.8 cm³/mol. The molecule has 0 bridgehead atoms. The molecule has 0 fully saturated rings. The molecular formula is C8H13NO3S3. The van der Waals surface area contributed by atoms with E-state index in [2.05, 4.69) is 41.8 Å². The van der Waals surface area contributed by atoms with E-state index >= 15 is 0 Å². The number of carbonyl (C=O) groups is 1. The zero-order valence-corrected chi connectivity index (χ0v) is 11.2. The molecule has 0 atom stereocenters. The van der Waals surface area contributed by atoms with Crippen LogP contribution in [0.15, 0.2) is 0 Å². The van der Waals surface area contributed by atoms with Gasteiger partial charge in [-0.15, -0.1) is 12.6 Å². The summed E-state index contributed by atoms with van der Waals surface area (Å²) in [5.41, 5.74) is 1.99. The van der Waals surface area contributed by atoms with Crippen molar-refractivity contribution in [1.29, 1.82) is 5.26 Å². The molecule has 0 saturated heterocycles. The number of hydrogen-bond donors (Lipinski definition) is 1. The van der Waals surface area contributed by atoms with Crippen LogP contribution in [-0.4, -0.2) is 29.4 Å². The van der Waals surface area contributed by atoms with Crippen molar-refractivity contribution in [2.75, 3.05) is 7.11 Å². The number of nitrogens with zero attached hydrogens (tertiary/aromatic N) is 1. The molecule has 0 unspecified atom stereocenters. The molecule has 4 nitrogen and oxygen atoms in total. The van der Waals surface area contributed by atoms with Crippen molar-refractivity contribution in [2.45, 2.75) is 19.4 Å². The number of thiol groups is 1. The van der Waals surface area contributed by atoms with Gasteiger partial charge in [-0.2, -0.15) is 5.26 Å². The minimum absolute atomic E-state index is 0.444. The third kappa shape index (κ3) is 31.9. The number of carbonyl (C=O) groups excluding carboxylic acids is 1. The second-order valence-corrected chi connectivity index (χ2v) is 2.87. The summed E-state index contributed by atoms with van der Waals surface area (Å²) < 4.78 is 8.94. The molecular weight excluding hydrogens is 254 g/mol. The van der Waals surface area contributed by atoms with E-state index in [0.29, 0.717) is 5.62 Å². The first kappa shape index (κ1) is 19.8. The number of hydrogen-bond acceptors (Lipinski definition) is 6. The Hall–Kier alpha value is -0.710. The third-order valence-corrected chi connectivity index (χ3v) is 0.997. The smallest absolute Gasteiger partial charge is 0.189 e. The molecule has 0 aliphatic rings. The third-order valence-electron chi connectivity index (χ3n) is 0.708. The van der Waals surface area contributed by atoms with Crippen LogP contribution in [0.2, 0.25) is 0 Å². The van der Waals surface area contributed by atoms with E-state index in [1.54, 1.807) is 13.8 Å². The fraction of sp³-hybridized carbons (Fsp3) is 0.500. The summed E-state index contributed by atoms with van der Waals surface area (Å²) in [6, 6.07) is 1.92. The molecule has 0 aromatic rings. The normalized spacial score (nSPS) is 7.40. The van der Waals surface area contributed by atoms with Crippen molar-refractivity contribution in [3.8, 4) is 6.07 Å². The van der Waals surface area contributed by atoms with Crippen molar-refractivity contribution in [3.05, 3.63) is 0 Å². The van der Waals surface area contributed by atoms with Gasteiger partial charge in [0, 0.05) is 0 Å². The number of ether oxygens (including phenoxy) is 2. The number of thiocarbonyl (C=S) groups is 2. The molecule has 0 heterocycles. The van der Waals surface area contributed by atoms with Gasteiger partial charge in [-0.25, -0.2) is 0 Å². The average molecular weight is 267 g/mol. The van der Waals surface area contributed by atoms with Gasteiger partial charge in [-0.1, -0.05) is 0 Å². The minimum Gasteiger partial charge on any atom is -0.493 e. The molecule has 0 radical (unpaired) electrons. The summed E-state index contributed by atoms with van der Waals surface area (Å²) >= 11 is 11.7. The highest BCUT2D eigenvalue weighted by atomic mass is 32.1. The van der Waals surface area contributed by atoms with Crippen LogP contribution in [0.4, 0.5) is 0 Å². The Morgan fingerprint density at radius 1 is 1.40 bits per heavy atom. The molecule has 0 aromatic heterocycles. The molecule has 7 heteroatoms. The van der Waals surface area contributed by atoms with Crippen LogP contribution in [0.3, 0.4) is 0 Å². The van der Waals surface area contributed by atoms with Gasteiger partial charge in [0.05, 0.1) is 7.11 Å². The fourth-order valence-electron chi connectivity index (χ4n) is 0.147. The lowest BCUT2D eigenvalue weighted by molar-refractivity contribution is 0.171. The molecule has 0 amide bonds. The first-order valence-electron chi connectivity index (χ1n) is 3.52. The van der Waals surface area contributed by atoms with E-state index in [-0.39, 0.29) is 0 Å². The monoisotopic (exact) mass is 267 g/mol. The molecule has 0 aliphatic carbocycles. The van der Waals surface area contributed by atoms with Crippen LogP contribution in [-0.2, 0) is 14.3 Å². The van der Waals surface area contributed by atoms with Crippen molar-refractivity contribution < 1.29 is 14.3 Å². The largest absolute Gasteiger partial charge is 0.493 e. The number of rotatable bonds is 3. The van der Waals surface area contributed by atoms with Gasteiger partial charge in [0.2, 0.25) is 0 Å². The summed E-state index contributed by atoms with van der Waals surface area (Å²) in [6.45, 7) is 3.30. The lowest BCUT2D eigenvalue weighted by Crippen LogP contribution is -2.19. The van der Waals surface area contributed by atoms with Gasteiger partial charge in [0.1, 0.15) is 17.2 Å². The van der Waals surface area contributed by atoms with Crippen LogP contribution >= 0.6 is 37.1 Å². The van der Waals surface area contributed by atoms with Crippen molar-refractivity contribution in [3.63, 3.8) is 0 Å². The maximum Gasteiger partial charge on any atom is 0.189 e. The standard InChI is InChI=1S/C5H7NOS.C2H4OS.CH2OS/c1-5(2,3-6)7-4-8;1-3-2-4;2-1-3/h4H,1-2H3;2H,1H3;1H,(H,2,3). The van der Waals surface area contributed by atoms with Gasteiger partial charge in [0.15, 0.2) is 11.2 Å². The Morgan fingerprint density at radius 2 is 1.73 bits per heavy atom. The van der Waals surface area contributed by atoms with Crippen molar-refractivity contribution >= 4 is 53.8 Å². The topological polar surface area (TPSA) is 59.3 Å². The summed E-state index contributed by atoms with van der Waals surface area (Å²) in [6.07, 6.45) is 0. The summed E-state index contributed by atoms with van der Waals surface area (Å²) in [7, 11) is 1.52. The van der Waals surface area contributed by atoms with E-state index in [1.807, 2.05) is 6.07 Å². The molecule has 0 saturated carbocycles. The molecule has 0 aliphatic heterocycles. The quantitative estimate of drug-likeness (QED) is 0.479. The molecule has 0 N–H and O–H groups in total. The average Bonchev–Trinajstić information content (AvgIpc) is 2.19. The highest BCUT2D eigenvalue weighted by molar-refractivity contribution is 7.94. The summed E-state index contributed by atoms with van der Waals surface area (Å²) in [4.78, 5) is 8.67. The fourth-order valence-corrected chi connectivity index (χ4v) is 0.387. The van der Waals surface area contributed by atoms with Crippen LogP contribution in [0.5, 0.6) is 0 Å². The Labute approximate surface area is 106 Å². The van der Waals surface area contributed by atoms with Gasteiger partial charge in [-0.3, -0.25) is 4.79 Å². The summed E-state index contributed by atoms with van der Waals surface area (Å²) in [5.74, 6) is 0. The van der Waals surface area contributed by atoms with Gasteiger partial charge >= 0.3 is 0 Å². The predicted octanol–water partition coefficient (Wildman–Crippen LogP) is 1.96. The maximum atomic E-state index is 8.67. The Kier molecular flexibility index (Phi) is 20.8. The zero-order chi connectivity index (χ0) is 12.7. The number of nitriles is 1. The molecule has 0 spiro atoms. The molecule has 0 rings (SSSR count). The first-order valence-corrected chi connectivity index (χ1v) is 4.98. The minimum atomic E-state index is -0.762. The van der Waals surface area contributed by atoms with E-state index in [0.717, 1.165) is 5.55 Å². The van der Waals surface area contributed by atoms with Gasteiger partial charge < -0.3 is 9.47 Å². The SMILES string of the molecule is CC(C)(C#N)OC=S.COC=S.O=CS.